The second-order valence-electron chi connectivity index (χ2n) is 5.25. The molecule has 1 amide bonds. The first-order valence-corrected chi connectivity index (χ1v) is 7.45. The molecule has 116 valence electrons. The van der Waals surface area contributed by atoms with Gasteiger partial charge in [-0.05, 0) is 25.1 Å². The van der Waals surface area contributed by atoms with E-state index in [1.807, 2.05) is 49.4 Å². The molecule has 23 heavy (non-hydrogen) atoms. The van der Waals surface area contributed by atoms with Gasteiger partial charge in [0.15, 0.2) is 0 Å². The minimum absolute atomic E-state index is 0.107. The summed E-state index contributed by atoms with van der Waals surface area (Å²) in [5.74, 6) is 0.969. The Morgan fingerprint density at radius 2 is 1.96 bits per heavy atom. The average Bonchev–Trinajstić information content (AvgIpc) is 3.04. The largest absolute Gasteiger partial charge is 0.352 e. The van der Waals surface area contributed by atoms with E-state index in [0.717, 1.165) is 11.1 Å². The molecule has 1 N–H and O–H groups in total. The number of amides is 1. The van der Waals surface area contributed by atoms with Crippen molar-refractivity contribution >= 4 is 5.91 Å². The molecule has 5 heteroatoms. The van der Waals surface area contributed by atoms with Crippen LogP contribution in [0.1, 0.15) is 21.8 Å². The highest BCUT2D eigenvalue weighted by Gasteiger charge is 2.09. The smallest absolute Gasteiger partial charge is 0.251 e. The number of carbonyl (C=O) groups is 1. The number of aryl methyl sites for hydroxylation is 1. The first-order valence-electron chi connectivity index (χ1n) is 7.45. The van der Waals surface area contributed by atoms with Crippen LogP contribution in [0.15, 0.2) is 59.1 Å². The fourth-order valence-corrected chi connectivity index (χ4v) is 2.23. The van der Waals surface area contributed by atoms with Crippen LogP contribution in [-0.4, -0.2) is 22.6 Å². The molecule has 0 aliphatic carbocycles. The lowest BCUT2D eigenvalue weighted by molar-refractivity contribution is 0.0953. The Kier molecular flexibility index (Phi) is 4.47. The highest BCUT2D eigenvalue weighted by atomic mass is 16.5. The molecule has 0 aliphatic rings. The Hall–Kier alpha value is -2.95. The van der Waals surface area contributed by atoms with Gasteiger partial charge in [0.25, 0.3) is 5.91 Å². The summed E-state index contributed by atoms with van der Waals surface area (Å²) in [7, 11) is 0. The molecule has 5 nitrogen and oxygen atoms in total. The second-order valence-corrected chi connectivity index (χ2v) is 5.25. The summed E-state index contributed by atoms with van der Waals surface area (Å²) in [4.78, 5) is 16.3. The molecule has 0 saturated heterocycles. The Morgan fingerprint density at radius 3 is 2.74 bits per heavy atom. The van der Waals surface area contributed by atoms with Crippen LogP contribution >= 0.6 is 0 Å². The lowest BCUT2D eigenvalue weighted by Crippen LogP contribution is -2.25. The average molecular weight is 307 g/mol. The van der Waals surface area contributed by atoms with Gasteiger partial charge in [-0.1, -0.05) is 47.1 Å². The molecular weight excluding hydrogens is 290 g/mol. The summed E-state index contributed by atoms with van der Waals surface area (Å²) in [5, 5.41) is 6.82. The molecular formula is C18H17N3O2. The number of hydrogen-bond donors (Lipinski definition) is 1. The maximum atomic E-state index is 11.9. The predicted octanol–water partition coefficient (Wildman–Crippen LogP) is 3.02. The molecule has 1 aromatic heterocycles. The van der Waals surface area contributed by atoms with Crippen molar-refractivity contribution in [3.8, 4) is 11.4 Å². The van der Waals surface area contributed by atoms with Crippen molar-refractivity contribution in [2.24, 2.45) is 0 Å². The maximum absolute atomic E-state index is 11.9. The second kappa shape index (κ2) is 6.87. The van der Waals surface area contributed by atoms with Gasteiger partial charge in [0.1, 0.15) is 0 Å². The van der Waals surface area contributed by atoms with Crippen molar-refractivity contribution in [1.82, 2.24) is 15.5 Å². The van der Waals surface area contributed by atoms with Crippen LogP contribution in [0.2, 0.25) is 0 Å². The van der Waals surface area contributed by atoms with Gasteiger partial charge in [-0.25, -0.2) is 0 Å². The topological polar surface area (TPSA) is 68.0 Å². The Morgan fingerprint density at radius 1 is 1.13 bits per heavy atom. The standard InChI is InChI=1S/C18H17N3O2/c1-13-6-5-9-15(12-13)17-20-16(23-21-17)10-11-19-18(22)14-7-3-2-4-8-14/h2-9,12H,10-11H2,1H3,(H,19,22). The van der Waals surface area contributed by atoms with Crippen molar-refractivity contribution in [3.63, 3.8) is 0 Å². The molecule has 0 radical (unpaired) electrons. The molecule has 0 bridgehead atoms. The number of benzene rings is 2. The van der Waals surface area contributed by atoms with Gasteiger partial charge in [0.05, 0.1) is 0 Å². The number of carbonyl (C=O) groups excluding carboxylic acids is 1. The molecule has 0 saturated carbocycles. The van der Waals surface area contributed by atoms with Crippen LogP contribution in [0.3, 0.4) is 0 Å². The first-order chi connectivity index (χ1) is 11.2. The molecule has 3 rings (SSSR count). The van der Waals surface area contributed by atoms with E-state index in [1.165, 1.54) is 0 Å². The summed E-state index contributed by atoms with van der Waals surface area (Å²) >= 11 is 0. The van der Waals surface area contributed by atoms with Crippen LogP contribution in [0, 0.1) is 6.92 Å². The molecule has 0 unspecified atom stereocenters. The summed E-state index contributed by atoms with van der Waals surface area (Å²) in [6.07, 6.45) is 0.497. The van der Waals surface area contributed by atoms with Crippen molar-refractivity contribution in [3.05, 3.63) is 71.6 Å². The van der Waals surface area contributed by atoms with E-state index in [0.29, 0.717) is 30.2 Å². The number of nitrogens with one attached hydrogen (secondary N) is 1. The molecule has 2 aromatic carbocycles. The zero-order chi connectivity index (χ0) is 16.1. The van der Waals surface area contributed by atoms with E-state index < -0.39 is 0 Å². The minimum atomic E-state index is -0.107. The van der Waals surface area contributed by atoms with Gasteiger partial charge in [0, 0.05) is 24.1 Å². The third-order valence-electron chi connectivity index (χ3n) is 3.40. The van der Waals surface area contributed by atoms with Crippen LogP contribution in [0.4, 0.5) is 0 Å². The predicted molar refractivity (Wildman–Crippen MR) is 87.0 cm³/mol. The zero-order valence-corrected chi connectivity index (χ0v) is 12.8. The van der Waals surface area contributed by atoms with E-state index in [-0.39, 0.29) is 5.91 Å². The van der Waals surface area contributed by atoms with E-state index in [9.17, 15) is 4.79 Å². The van der Waals surface area contributed by atoms with Gasteiger partial charge in [-0.2, -0.15) is 4.98 Å². The van der Waals surface area contributed by atoms with Crippen molar-refractivity contribution in [2.75, 3.05) is 6.54 Å². The Labute approximate surface area is 134 Å². The van der Waals surface area contributed by atoms with E-state index >= 15 is 0 Å². The SMILES string of the molecule is Cc1cccc(-c2noc(CCNC(=O)c3ccccc3)n2)c1. The van der Waals surface area contributed by atoms with E-state index in [1.54, 1.807) is 12.1 Å². The van der Waals surface area contributed by atoms with Crippen molar-refractivity contribution in [1.29, 1.82) is 0 Å². The number of nitrogens with zero attached hydrogens (tertiary/aromatic N) is 2. The summed E-state index contributed by atoms with van der Waals surface area (Å²) in [6, 6.07) is 17.0. The first kappa shape index (κ1) is 15.0. The molecule has 0 fully saturated rings. The lowest BCUT2D eigenvalue weighted by atomic mass is 10.1. The Bertz CT molecular complexity index is 797. The van der Waals surface area contributed by atoms with Crippen LogP contribution in [0.5, 0.6) is 0 Å². The maximum Gasteiger partial charge on any atom is 0.251 e. The van der Waals surface area contributed by atoms with Gasteiger partial charge in [-0.3, -0.25) is 4.79 Å². The highest BCUT2D eigenvalue weighted by molar-refractivity contribution is 5.94. The van der Waals surface area contributed by atoms with Gasteiger partial charge in [-0.15, -0.1) is 0 Å². The monoisotopic (exact) mass is 307 g/mol. The van der Waals surface area contributed by atoms with Gasteiger partial charge in [0.2, 0.25) is 11.7 Å². The fraction of sp³-hybridized carbons (Fsp3) is 0.167. The zero-order valence-electron chi connectivity index (χ0n) is 12.8. The van der Waals surface area contributed by atoms with E-state index in [2.05, 4.69) is 15.5 Å². The van der Waals surface area contributed by atoms with Crippen molar-refractivity contribution in [2.45, 2.75) is 13.3 Å². The lowest BCUT2D eigenvalue weighted by Gasteiger charge is -2.02. The quantitative estimate of drug-likeness (QED) is 0.786. The van der Waals surface area contributed by atoms with Gasteiger partial charge >= 0.3 is 0 Å². The van der Waals surface area contributed by atoms with Gasteiger partial charge < -0.3 is 9.84 Å². The summed E-state index contributed by atoms with van der Waals surface area (Å²) in [6.45, 7) is 2.47. The number of rotatable bonds is 5. The number of aromatic nitrogens is 2. The summed E-state index contributed by atoms with van der Waals surface area (Å²) < 4.78 is 5.23. The normalized spacial score (nSPS) is 10.5. The molecule has 1 heterocycles. The van der Waals surface area contributed by atoms with E-state index in [4.69, 9.17) is 4.52 Å². The molecule has 0 aliphatic heterocycles. The van der Waals surface area contributed by atoms with Crippen LogP contribution < -0.4 is 5.32 Å². The molecule has 0 spiro atoms. The van der Waals surface area contributed by atoms with Crippen LogP contribution in [-0.2, 0) is 6.42 Å². The minimum Gasteiger partial charge on any atom is -0.352 e. The number of hydrogen-bond acceptors (Lipinski definition) is 4. The highest BCUT2D eigenvalue weighted by Crippen LogP contribution is 2.16. The summed E-state index contributed by atoms with van der Waals surface area (Å²) in [5.41, 5.74) is 2.70. The Balaban J connectivity index is 1.57. The third-order valence-corrected chi connectivity index (χ3v) is 3.40. The molecule has 0 atom stereocenters. The van der Waals surface area contributed by atoms with Crippen LogP contribution in [0.25, 0.3) is 11.4 Å². The fourth-order valence-electron chi connectivity index (χ4n) is 2.23. The van der Waals surface area contributed by atoms with Crippen molar-refractivity contribution < 1.29 is 9.32 Å². The third kappa shape index (κ3) is 3.83. The molecule has 3 aromatic rings.